The van der Waals surface area contributed by atoms with Crippen molar-refractivity contribution in [3.05, 3.63) is 0 Å². The molecule has 0 unspecified atom stereocenters. The number of nitrogens with zero attached hydrogens (tertiary/aromatic N) is 1. The highest BCUT2D eigenvalue weighted by Gasteiger charge is 2.96. The molecule has 0 rings (SSSR count). The maximum Gasteiger partial charge on any atom is 0.461 e. The molecule has 276 valence electrons. The largest absolute Gasteiger partial charge is 0.476 e. The van der Waals surface area contributed by atoms with Crippen LogP contribution in [0.3, 0.4) is 0 Å². The van der Waals surface area contributed by atoms with Crippen molar-refractivity contribution in [2.45, 2.75) is 71.2 Å². The van der Waals surface area contributed by atoms with E-state index in [2.05, 4.69) is 0 Å². The topological polar surface area (TPSA) is 86.7 Å². The van der Waals surface area contributed by atoms with Gasteiger partial charge >= 0.3 is 77.1 Å². The lowest BCUT2D eigenvalue weighted by molar-refractivity contribution is -0.474. The Morgan fingerprint density at radius 2 is 0.717 bits per heavy atom. The van der Waals surface area contributed by atoms with Crippen molar-refractivity contribution in [1.29, 1.82) is 0 Å². The van der Waals surface area contributed by atoms with Crippen LogP contribution >= 0.6 is 0 Å². The Balaban J connectivity index is 7.72. The first-order valence-electron chi connectivity index (χ1n) is 9.25. The standard InChI is InChI=1S/C13H2F26N2O4S/c14-2(15,1(42)43)41(40-46(44,45)13(38,39)9(28,29)11(33,34)35)12(36,37)8(26,27)6(22,23)4(18,19)3(16,17)5(20,21)7(24,25)10(30,31)32/h40H,(H,42,43). The minimum absolute atomic E-state index is 1.95. The highest BCUT2D eigenvalue weighted by molar-refractivity contribution is 7.90. The maximum atomic E-state index is 14.2. The number of alkyl halides is 26. The number of rotatable bonds is 13. The molecule has 0 aliphatic heterocycles. The SMILES string of the molecule is O=C(O)C(F)(F)N(NS(=O)(=O)C(F)(F)C(F)(F)C(F)(F)F)C(F)(F)C(F)(F)C(F)(F)C(F)(F)C(F)(F)C(F)(F)C(F)(F)C(F)(F)F. The quantitative estimate of drug-likeness (QED) is 0.126. The van der Waals surface area contributed by atoms with E-state index in [-0.39, 0.29) is 0 Å². The molecule has 0 saturated heterocycles. The number of carbonyl (C=O) groups is 1. The van der Waals surface area contributed by atoms with Gasteiger partial charge in [0.25, 0.3) is 10.0 Å². The van der Waals surface area contributed by atoms with Crippen molar-refractivity contribution < 1.29 is 132 Å². The summed E-state index contributed by atoms with van der Waals surface area (Å²) in [5.41, 5.74) is 0. The summed E-state index contributed by atoms with van der Waals surface area (Å²) in [7, 11) is -9.14. The van der Waals surface area contributed by atoms with E-state index in [1.54, 1.807) is 0 Å². The van der Waals surface area contributed by atoms with E-state index >= 15 is 0 Å². The van der Waals surface area contributed by atoms with E-state index in [0.29, 0.717) is 0 Å². The van der Waals surface area contributed by atoms with Gasteiger partial charge < -0.3 is 5.11 Å². The fourth-order valence-electron chi connectivity index (χ4n) is 2.19. The lowest BCUT2D eigenvalue weighted by Gasteiger charge is -2.45. The minimum atomic E-state index is -9.64. The molecule has 0 aliphatic carbocycles. The van der Waals surface area contributed by atoms with Crippen molar-refractivity contribution >= 4 is 16.0 Å². The van der Waals surface area contributed by atoms with E-state index in [9.17, 15) is 127 Å². The van der Waals surface area contributed by atoms with Crippen LogP contribution in [0, 0.1) is 0 Å². The van der Waals surface area contributed by atoms with E-state index in [4.69, 9.17) is 5.11 Å². The van der Waals surface area contributed by atoms with Gasteiger partial charge in [-0.15, -0.1) is 4.83 Å². The number of carboxylic acids is 1. The summed E-state index contributed by atoms with van der Waals surface area (Å²) in [5.74, 6) is -69.3. The van der Waals surface area contributed by atoms with Crippen LogP contribution in [-0.4, -0.2) is 95.7 Å². The Morgan fingerprint density at radius 1 is 0.457 bits per heavy atom. The van der Waals surface area contributed by atoms with E-state index in [0.717, 1.165) is 0 Å². The number of aliphatic carboxylic acids is 1. The van der Waals surface area contributed by atoms with Crippen molar-refractivity contribution in [2.75, 3.05) is 0 Å². The lowest BCUT2D eigenvalue weighted by atomic mass is 9.90. The number of hydrogen-bond acceptors (Lipinski definition) is 4. The first kappa shape index (κ1) is 43.5. The molecule has 0 aromatic rings. The summed E-state index contributed by atoms with van der Waals surface area (Å²) in [5, 5.41) is -4.97. The fourth-order valence-corrected chi connectivity index (χ4v) is 3.23. The van der Waals surface area contributed by atoms with Crippen LogP contribution in [0.1, 0.15) is 0 Å². The monoisotopic (exact) mass is 776 g/mol. The van der Waals surface area contributed by atoms with Crippen molar-refractivity contribution in [2.24, 2.45) is 0 Å². The molecule has 0 saturated carbocycles. The summed E-state index contributed by atoms with van der Waals surface area (Å²) in [6, 6.07) is -17.0. The second-order valence-electron chi connectivity index (χ2n) is 7.85. The Bertz CT molecular complexity index is 1270. The summed E-state index contributed by atoms with van der Waals surface area (Å²) >= 11 is 0. The zero-order chi connectivity index (χ0) is 38.4. The van der Waals surface area contributed by atoms with Crippen LogP contribution < -0.4 is 4.83 Å². The van der Waals surface area contributed by atoms with Gasteiger partial charge in [-0.1, -0.05) is 5.01 Å². The Kier molecular flexibility index (Phi) is 10.2. The van der Waals surface area contributed by atoms with Gasteiger partial charge in [0.1, 0.15) is 0 Å². The molecule has 0 amide bonds. The first-order valence-corrected chi connectivity index (χ1v) is 10.7. The third-order valence-corrected chi connectivity index (χ3v) is 6.15. The van der Waals surface area contributed by atoms with Crippen LogP contribution in [0.15, 0.2) is 0 Å². The molecule has 0 radical (unpaired) electrons. The maximum absolute atomic E-state index is 14.2. The normalized spacial score (nSPS) is 16.7. The molecule has 0 aliphatic rings. The van der Waals surface area contributed by atoms with Gasteiger partial charge in [0.15, 0.2) is 0 Å². The molecule has 0 fully saturated rings. The average molecular weight is 776 g/mol. The number of nitrogens with one attached hydrogen (secondary N) is 1. The van der Waals surface area contributed by atoms with Crippen molar-refractivity contribution in [3.8, 4) is 0 Å². The van der Waals surface area contributed by atoms with Gasteiger partial charge in [0.2, 0.25) is 0 Å². The molecule has 0 heterocycles. The van der Waals surface area contributed by atoms with E-state index in [1.807, 2.05) is 0 Å². The number of sulfonamides is 1. The van der Waals surface area contributed by atoms with Gasteiger partial charge in [-0.3, -0.25) is 0 Å². The smallest absolute Gasteiger partial charge is 0.461 e. The molecule has 46 heavy (non-hydrogen) atoms. The van der Waals surface area contributed by atoms with Crippen molar-refractivity contribution in [3.63, 3.8) is 0 Å². The lowest BCUT2D eigenvalue weighted by Crippen LogP contribution is -2.78. The van der Waals surface area contributed by atoms with Crippen LogP contribution in [0.5, 0.6) is 0 Å². The molecule has 2 N–H and O–H groups in total. The van der Waals surface area contributed by atoms with Gasteiger partial charge in [0.05, 0.1) is 0 Å². The summed E-state index contributed by atoms with van der Waals surface area (Å²) in [6.07, 6.45) is -16.2. The molecule has 0 atom stereocenters. The average Bonchev–Trinajstić information content (AvgIpc) is 2.79. The van der Waals surface area contributed by atoms with Gasteiger partial charge in [-0.05, 0) is 0 Å². The van der Waals surface area contributed by atoms with Gasteiger partial charge in [0, 0.05) is 0 Å². The summed E-state index contributed by atoms with van der Waals surface area (Å²) in [6.45, 7) is 0. The third kappa shape index (κ3) is 5.58. The van der Waals surface area contributed by atoms with Crippen molar-refractivity contribution in [1.82, 2.24) is 9.84 Å². The van der Waals surface area contributed by atoms with Crippen LogP contribution in [0.25, 0.3) is 0 Å². The second-order valence-corrected chi connectivity index (χ2v) is 9.55. The predicted molar refractivity (Wildman–Crippen MR) is 83.1 cm³/mol. The number of carboxylic acid groups (broad SMARTS) is 1. The molecule has 0 bridgehead atoms. The first-order chi connectivity index (χ1) is 19.3. The molecular formula is C13H2F26N2O4S. The Hall–Kier alpha value is -2.48. The predicted octanol–water partition coefficient (Wildman–Crippen LogP) is 6.56. The van der Waals surface area contributed by atoms with E-state index in [1.165, 1.54) is 0 Å². The van der Waals surface area contributed by atoms with Gasteiger partial charge in [-0.2, -0.15) is 114 Å². The molecule has 0 spiro atoms. The third-order valence-electron chi connectivity index (χ3n) is 4.79. The molecular weight excluding hydrogens is 774 g/mol. The van der Waals surface area contributed by atoms with E-state index < -0.39 is 97.0 Å². The Labute approximate surface area is 230 Å². The zero-order valence-electron chi connectivity index (χ0n) is 19.4. The van der Waals surface area contributed by atoms with Crippen LogP contribution in [0.2, 0.25) is 0 Å². The molecule has 0 aromatic heterocycles. The van der Waals surface area contributed by atoms with Crippen LogP contribution in [0.4, 0.5) is 114 Å². The molecule has 0 aromatic carbocycles. The number of hydrogen-bond donors (Lipinski definition) is 2. The summed E-state index contributed by atoms with van der Waals surface area (Å²) in [4.78, 5) is 8.45. The molecule has 6 nitrogen and oxygen atoms in total. The minimum Gasteiger partial charge on any atom is -0.476 e. The summed E-state index contributed by atoms with van der Waals surface area (Å²) < 4.78 is 365. The fraction of sp³-hybridized carbons (Fsp3) is 0.923. The van der Waals surface area contributed by atoms with Gasteiger partial charge in [-0.25, -0.2) is 13.2 Å². The Morgan fingerprint density at radius 3 is 0.978 bits per heavy atom. The molecule has 33 heteroatoms. The second kappa shape index (κ2) is 10.8. The zero-order valence-corrected chi connectivity index (χ0v) is 20.2. The highest BCUT2D eigenvalue weighted by Crippen LogP contribution is 2.64. The highest BCUT2D eigenvalue weighted by atomic mass is 32.2. The number of halogens is 26. The number of hydrazine groups is 1. The van der Waals surface area contributed by atoms with Crippen LogP contribution in [-0.2, 0) is 14.8 Å².